The maximum absolute atomic E-state index is 12.1. The molecule has 0 fully saturated rings. The van der Waals surface area contributed by atoms with E-state index in [1.807, 2.05) is 42.5 Å². The van der Waals surface area contributed by atoms with E-state index in [1.165, 1.54) is 0 Å². The maximum Gasteiger partial charge on any atom is 0.251 e. The van der Waals surface area contributed by atoms with Crippen molar-refractivity contribution < 1.29 is 9.53 Å². The summed E-state index contributed by atoms with van der Waals surface area (Å²) < 4.78 is 5.70. The SMILES string of the molecule is CCC(CC)NC(=O)c1ccc(Oc2ccccc2)cc1. The molecule has 110 valence electrons. The van der Waals surface area contributed by atoms with E-state index < -0.39 is 0 Å². The van der Waals surface area contributed by atoms with Gasteiger partial charge in [0.2, 0.25) is 0 Å². The lowest BCUT2D eigenvalue weighted by molar-refractivity contribution is 0.0935. The number of ether oxygens (including phenoxy) is 1. The van der Waals surface area contributed by atoms with Crippen LogP contribution in [0.2, 0.25) is 0 Å². The zero-order valence-corrected chi connectivity index (χ0v) is 12.5. The van der Waals surface area contributed by atoms with Crippen LogP contribution in [0.15, 0.2) is 54.6 Å². The molecule has 0 aliphatic rings. The van der Waals surface area contributed by atoms with Crippen molar-refractivity contribution in [1.82, 2.24) is 5.32 Å². The lowest BCUT2D eigenvalue weighted by atomic mass is 10.1. The molecule has 2 aromatic carbocycles. The third-order valence-corrected chi connectivity index (χ3v) is 3.42. The number of para-hydroxylation sites is 1. The quantitative estimate of drug-likeness (QED) is 0.853. The summed E-state index contributed by atoms with van der Waals surface area (Å²) >= 11 is 0. The lowest BCUT2D eigenvalue weighted by Crippen LogP contribution is -2.33. The number of nitrogens with one attached hydrogen (secondary N) is 1. The summed E-state index contributed by atoms with van der Waals surface area (Å²) in [5, 5.41) is 3.02. The Labute approximate surface area is 126 Å². The van der Waals surface area contributed by atoms with Crippen LogP contribution in [0.5, 0.6) is 11.5 Å². The predicted octanol–water partition coefficient (Wildman–Crippen LogP) is 4.40. The molecule has 0 spiro atoms. The molecule has 3 heteroatoms. The van der Waals surface area contributed by atoms with Crippen molar-refractivity contribution in [3.05, 3.63) is 60.2 Å². The van der Waals surface area contributed by atoms with Crippen molar-refractivity contribution in [1.29, 1.82) is 0 Å². The van der Waals surface area contributed by atoms with E-state index in [9.17, 15) is 4.79 Å². The van der Waals surface area contributed by atoms with Crippen LogP contribution < -0.4 is 10.1 Å². The van der Waals surface area contributed by atoms with Gasteiger partial charge in [-0.15, -0.1) is 0 Å². The zero-order chi connectivity index (χ0) is 15.1. The first-order valence-electron chi connectivity index (χ1n) is 7.36. The van der Waals surface area contributed by atoms with Gasteiger partial charge in [0.05, 0.1) is 0 Å². The van der Waals surface area contributed by atoms with Crippen LogP contribution in [0.25, 0.3) is 0 Å². The predicted molar refractivity (Wildman–Crippen MR) is 84.8 cm³/mol. The first-order valence-corrected chi connectivity index (χ1v) is 7.36. The van der Waals surface area contributed by atoms with Crippen LogP contribution in [0, 0.1) is 0 Å². The van der Waals surface area contributed by atoms with E-state index in [0.29, 0.717) is 5.56 Å². The number of hydrogen-bond donors (Lipinski definition) is 1. The van der Waals surface area contributed by atoms with E-state index in [2.05, 4.69) is 19.2 Å². The van der Waals surface area contributed by atoms with E-state index in [-0.39, 0.29) is 11.9 Å². The Morgan fingerprint density at radius 2 is 1.52 bits per heavy atom. The zero-order valence-electron chi connectivity index (χ0n) is 12.5. The summed E-state index contributed by atoms with van der Waals surface area (Å²) in [5.41, 5.74) is 0.655. The highest BCUT2D eigenvalue weighted by atomic mass is 16.5. The normalized spacial score (nSPS) is 10.4. The van der Waals surface area contributed by atoms with Gasteiger partial charge in [0.15, 0.2) is 0 Å². The molecule has 0 atom stereocenters. The monoisotopic (exact) mass is 283 g/mol. The van der Waals surface area contributed by atoms with Gasteiger partial charge < -0.3 is 10.1 Å². The topological polar surface area (TPSA) is 38.3 Å². The molecule has 0 saturated carbocycles. The number of carbonyl (C=O) groups excluding carboxylic acids is 1. The average Bonchev–Trinajstić information content (AvgIpc) is 2.54. The highest BCUT2D eigenvalue weighted by Crippen LogP contribution is 2.21. The average molecular weight is 283 g/mol. The van der Waals surface area contributed by atoms with E-state index in [1.54, 1.807) is 12.1 Å². The Morgan fingerprint density at radius 3 is 2.10 bits per heavy atom. The van der Waals surface area contributed by atoms with Crippen molar-refractivity contribution in [2.75, 3.05) is 0 Å². The summed E-state index contributed by atoms with van der Waals surface area (Å²) in [5.74, 6) is 1.47. The van der Waals surface area contributed by atoms with Gasteiger partial charge in [-0.2, -0.15) is 0 Å². The maximum atomic E-state index is 12.1. The van der Waals surface area contributed by atoms with Crippen molar-refractivity contribution in [3.63, 3.8) is 0 Å². The molecular weight excluding hydrogens is 262 g/mol. The first-order chi connectivity index (χ1) is 10.2. The smallest absolute Gasteiger partial charge is 0.251 e. The minimum atomic E-state index is -0.0324. The Morgan fingerprint density at radius 1 is 0.952 bits per heavy atom. The van der Waals surface area contributed by atoms with Crippen LogP contribution in [-0.2, 0) is 0 Å². The minimum absolute atomic E-state index is 0.0324. The van der Waals surface area contributed by atoms with Gasteiger partial charge in [0, 0.05) is 11.6 Å². The summed E-state index contributed by atoms with van der Waals surface area (Å²) in [6.07, 6.45) is 1.88. The lowest BCUT2D eigenvalue weighted by Gasteiger charge is -2.14. The van der Waals surface area contributed by atoms with Crippen molar-refractivity contribution in [2.24, 2.45) is 0 Å². The molecule has 0 saturated heterocycles. The highest BCUT2D eigenvalue weighted by molar-refractivity contribution is 5.94. The summed E-state index contributed by atoms with van der Waals surface area (Å²) in [4.78, 5) is 12.1. The molecule has 0 bridgehead atoms. The number of rotatable bonds is 6. The number of hydrogen-bond acceptors (Lipinski definition) is 2. The number of carbonyl (C=O) groups is 1. The molecule has 1 N–H and O–H groups in total. The van der Waals surface area contributed by atoms with Gasteiger partial charge in [0.1, 0.15) is 11.5 Å². The largest absolute Gasteiger partial charge is 0.457 e. The van der Waals surface area contributed by atoms with Gasteiger partial charge in [-0.1, -0.05) is 32.0 Å². The Bertz CT molecular complexity index is 560. The molecule has 0 aromatic heterocycles. The Kier molecular flexibility index (Phi) is 5.38. The van der Waals surface area contributed by atoms with Crippen LogP contribution in [-0.4, -0.2) is 11.9 Å². The van der Waals surface area contributed by atoms with Crippen LogP contribution in [0.4, 0.5) is 0 Å². The van der Waals surface area contributed by atoms with Gasteiger partial charge in [0.25, 0.3) is 5.91 Å². The molecule has 2 rings (SSSR count). The molecule has 0 unspecified atom stereocenters. The fraction of sp³-hybridized carbons (Fsp3) is 0.278. The van der Waals surface area contributed by atoms with Crippen molar-refractivity contribution in [2.45, 2.75) is 32.7 Å². The van der Waals surface area contributed by atoms with Gasteiger partial charge in [-0.05, 0) is 49.2 Å². The van der Waals surface area contributed by atoms with Gasteiger partial charge >= 0.3 is 0 Å². The molecule has 0 heterocycles. The highest BCUT2D eigenvalue weighted by Gasteiger charge is 2.10. The second kappa shape index (κ2) is 7.48. The molecule has 0 radical (unpaired) electrons. The molecule has 0 aliphatic carbocycles. The molecule has 2 aromatic rings. The van der Waals surface area contributed by atoms with E-state index >= 15 is 0 Å². The minimum Gasteiger partial charge on any atom is -0.457 e. The van der Waals surface area contributed by atoms with Crippen LogP contribution >= 0.6 is 0 Å². The van der Waals surface area contributed by atoms with Crippen LogP contribution in [0.3, 0.4) is 0 Å². The standard InChI is InChI=1S/C18H21NO2/c1-3-15(4-2)19-18(20)14-10-12-17(13-11-14)21-16-8-6-5-7-9-16/h5-13,15H,3-4H2,1-2H3,(H,19,20). The van der Waals surface area contributed by atoms with E-state index in [0.717, 1.165) is 24.3 Å². The third-order valence-electron chi connectivity index (χ3n) is 3.42. The second-order valence-electron chi connectivity index (χ2n) is 4.93. The third kappa shape index (κ3) is 4.35. The van der Waals surface area contributed by atoms with Crippen molar-refractivity contribution >= 4 is 5.91 Å². The Hall–Kier alpha value is -2.29. The number of amides is 1. The number of benzene rings is 2. The summed E-state index contributed by atoms with van der Waals surface area (Å²) in [7, 11) is 0. The summed E-state index contributed by atoms with van der Waals surface area (Å²) in [6.45, 7) is 4.15. The van der Waals surface area contributed by atoms with Crippen molar-refractivity contribution in [3.8, 4) is 11.5 Å². The first kappa shape index (κ1) is 15.1. The summed E-state index contributed by atoms with van der Waals surface area (Å²) in [6, 6.07) is 17.0. The molecule has 21 heavy (non-hydrogen) atoms. The van der Waals surface area contributed by atoms with Gasteiger partial charge in [-0.25, -0.2) is 0 Å². The molecule has 3 nitrogen and oxygen atoms in total. The fourth-order valence-electron chi connectivity index (χ4n) is 2.06. The fourth-order valence-corrected chi connectivity index (χ4v) is 2.06. The van der Waals surface area contributed by atoms with Gasteiger partial charge in [-0.3, -0.25) is 4.79 Å². The second-order valence-corrected chi connectivity index (χ2v) is 4.93. The molecule has 1 amide bonds. The van der Waals surface area contributed by atoms with Crippen LogP contribution in [0.1, 0.15) is 37.0 Å². The Balaban J connectivity index is 2.00. The molecular formula is C18H21NO2. The van der Waals surface area contributed by atoms with E-state index in [4.69, 9.17) is 4.74 Å². The molecule has 0 aliphatic heterocycles.